The third kappa shape index (κ3) is 5.89. The molecule has 1 aliphatic heterocycles. The molecule has 1 aliphatic rings. The number of carboxylic acids is 2. The fourth-order valence-electron chi connectivity index (χ4n) is 1.49. The van der Waals surface area contributed by atoms with Gasteiger partial charge < -0.3 is 34.3 Å². The van der Waals surface area contributed by atoms with Crippen LogP contribution >= 0.6 is 0 Å². The fraction of sp³-hybridized carbons (Fsp3) is 0.667. The lowest BCUT2D eigenvalue weighted by Gasteiger charge is -2.21. The Hall–Kier alpha value is -1.80. The molecule has 20 heavy (non-hydrogen) atoms. The van der Waals surface area contributed by atoms with Crippen LogP contribution in [0.15, 0.2) is 12.4 Å². The molecule has 0 aromatic carbocycles. The lowest BCUT2D eigenvalue weighted by atomic mass is 10.2. The van der Waals surface area contributed by atoms with Crippen molar-refractivity contribution >= 4 is 11.9 Å². The highest BCUT2D eigenvalue weighted by Crippen LogP contribution is 2.02. The number of methoxy groups -OCH3 is 2. The highest BCUT2D eigenvalue weighted by Gasteiger charge is 2.28. The van der Waals surface area contributed by atoms with Crippen LogP contribution in [0.2, 0.25) is 0 Å². The van der Waals surface area contributed by atoms with Gasteiger partial charge in [0.1, 0.15) is 6.10 Å². The van der Waals surface area contributed by atoms with E-state index in [1.54, 1.807) is 0 Å². The lowest BCUT2D eigenvalue weighted by Crippen LogP contribution is -2.48. The maximum Gasteiger partial charge on any atom is 0.335 e. The van der Waals surface area contributed by atoms with Crippen molar-refractivity contribution in [2.45, 2.75) is 19.1 Å². The van der Waals surface area contributed by atoms with E-state index >= 15 is 0 Å². The zero-order valence-electron chi connectivity index (χ0n) is 12.1. The number of hydrogen-bond donors (Lipinski definition) is 1. The molecule has 0 spiro atoms. The Morgan fingerprint density at radius 3 is 2.00 bits per heavy atom. The average Bonchev–Trinajstić information content (AvgIpc) is 2.81. The van der Waals surface area contributed by atoms with E-state index in [1.807, 2.05) is 0 Å². The van der Waals surface area contributed by atoms with Crippen LogP contribution in [0.5, 0.6) is 0 Å². The van der Waals surface area contributed by atoms with E-state index in [0.717, 1.165) is 27.4 Å². The smallest absolute Gasteiger partial charge is 0.335 e. The van der Waals surface area contributed by atoms with Gasteiger partial charge in [0.05, 0.1) is 12.6 Å². The molecular formula is C12H21N2O6-. The average molecular weight is 289 g/mol. The zero-order valence-corrected chi connectivity index (χ0v) is 12.1. The van der Waals surface area contributed by atoms with E-state index in [1.165, 1.54) is 0 Å². The van der Waals surface area contributed by atoms with Crippen LogP contribution in [0.1, 0.15) is 6.92 Å². The number of nitrogens with zero attached hydrogens (tertiary/aromatic N) is 2. The summed E-state index contributed by atoms with van der Waals surface area (Å²) in [6.07, 6.45) is 1.07. The number of carboxylic acid groups (broad SMARTS) is 2. The van der Waals surface area contributed by atoms with E-state index in [9.17, 15) is 14.7 Å². The summed E-state index contributed by atoms with van der Waals surface area (Å²) >= 11 is 0. The Balaban J connectivity index is 0.000000388. The van der Waals surface area contributed by atoms with Crippen molar-refractivity contribution in [2.75, 3.05) is 34.5 Å². The normalized spacial score (nSPS) is 16.4. The monoisotopic (exact) mass is 289 g/mol. The van der Waals surface area contributed by atoms with Crippen LogP contribution in [0, 0.1) is 0 Å². The van der Waals surface area contributed by atoms with Crippen LogP contribution < -0.4 is 5.11 Å². The van der Waals surface area contributed by atoms with Gasteiger partial charge in [-0.15, -0.1) is 0 Å². The van der Waals surface area contributed by atoms with Gasteiger partial charge in [0, 0.05) is 40.2 Å². The van der Waals surface area contributed by atoms with E-state index in [2.05, 4.69) is 45.6 Å². The maximum absolute atomic E-state index is 10.3. The molecule has 0 aromatic heterocycles. The van der Waals surface area contributed by atoms with Crippen molar-refractivity contribution in [1.29, 1.82) is 0 Å². The largest absolute Gasteiger partial charge is 0.547 e. The quantitative estimate of drug-likeness (QED) is 0.632. The van der Waals surface area contributed by atoms with E-state index in [0.29, 0.717) is 0 Å². The molecule has 0 aromatic rings. The molecule has 1 heterocycles. The van der Waals surface area contributed by atoms with Gasteiger partial charge in [-0.2, -0.15) is 0 Å². The first-order valence-corrected chi connectivity index (χ1v) is 5.99. The Bertz CT molecular complexity index is 327. The standard InChI is InChI=1S/C6H12N2.C6H10O6/c1-3-8-5-4-7(2)6-8;1-11-3(5(7)8)4(12-2)6(9)10/h4-5H,3,6H2,1-2H3;3-4H,1-2H3,(H,7,8)(H,9,10)/p-1/t;3-,4-/m.0/s1. The van der Waals surface area contributed by atoms with Crippen LogP contribution in [-0.2, 0) is 19.1 Å². The Kier molecular flexibility index (Phi) is 8.33. The molecular weight excluding hydrogens is 268 g/mol. The van der Waals surface area contributed by atoms with Gasteiger partial charge in [-0.3, -0.25) is 0 Å². The SMILES string of the molecule is CCN1C=CN(C)C1.CO[C@H](C(=O)[O-])[C@H](OC)C(=O)O. The molecule has 0 radical (unpaired) electrons. The van der Waals surface area contributed by atoms with Gasteiger partial charge in [-0.1, -0.05) is 0 Å². The van der Waals surface area contributed by atoms with Gasteiger partial charge in [0.2, 0.25) is 0 Å². The second-order valence-electron chi connectivity index (χ2n) is 4.07. The zero-order chi connectivity index (χ0) is 15.7. The molecule has 8 heteroatoms. The van der Waals surface area contributed by atoms with Crippen LogP contribution in [-0.4, -0.2) is 73.5 Å². The number of carbonyl (C=O) groups is 2. The molecule has 116 valence electrons. The summed E-state index contributed by atoms with van der Waals surface area (Å²) < 4.78 is 8.74. The number of carbonyl (C=O) groups excluding carboxylic acids is 1. The Morgan fingerprint density at radius 1 is 1.30 bits per heavy atom. The maximum atomic E-state index is 10.3. The molecule has 0 saturated carbocycles. The number of ether oxygens (including phenoxy) is 2. The summed E-state index contributed by atoms with van der Waals surface area (Å²) in [7, 11) is 4.22. The molecule has 8 nitrogen and oxygen atoms in total. The predicted molar refractivity (Wildman–Crippen MR) is 68.4 cm³/mol. The third-order valence-electron chi connectivity index (χ3n) is 2.60. The summed E-state index contributed by atoms with van der Waals surface area (Å²) in [6.45, 7) is 4.32. The first kappa shape index (κ1) is 18.2. The number of aliphatic carboxylic acids is 2. The highest BCUT2D eigenvalue weighted by atomic mass is 16.6. The van der Waals surface area contributed by atoms with Crippen LogP contribution in [0.25, 0.3) is 0 Å². The van der Waals surface area contributed by atoms with Crippen LogP contribution in [0.4, 0.5) is 0 Å². The molecule has 0 fully saturated rings. The fourth-order valence-corrected chi connectivity index (χ4v) is 1.49. The van der Waals surface area contributed by atoms with E-state index in [-0.39, 0.29) is 0 Å². The molecule has 0 unspecified atom stereocenters. The summed E-state index contributed by atoms with van der Waals surface area (Å²) in [6, 6.07) is 0. The molecule has 1 rings (SSSR count). The second-order valence-corrected chi connectivity index (χ2v) is 4.07. The van der Waals surface area contributed by atoms with Crippen molar-refractivity contribution in [3.8, 4) is 0 Å². The minimum atomic E-state index is -1.62. The Labute approximate surface area is 118 Å². The summed E-state index contributed by atoms with van der Waals surface area (Å²) in [5, 5.41) is 18.7. The second kappa shape index (κ2) is 9.16. The van der Waals surface area contributed by atoms with E-state index in [4.69, 9.17) is 5.11 Å². The molecule has 1 N–H and O–H groups in total. The minimum absolute atomic E-state index is 1.05. The predicted octanol–water partition coefficient (Wildman–Crippen LogP) is -1.47. The molecule has 0 amide bonds. The summed E-state index contributed by atoms with van der Waals surface area (Å²) in [5.41, 5.74) is 0. The Morgan fingerprint density at radius 2 is 1.85 bits per heavy atom. The highest BCUT2D eigenvalue weighted by molar-refractivity contribution is 5.82. The van der Waals surface area contributed by atoms with Crippen molar-refractivity contribution in [2.24, 2.45) is 0 Å². The first-order valence-electron chi connectivity index (χ1n) is 5.99. The summed E-state index contributed by atoms with van der Waals surface area (Å²) in [4.78, 5) is 25.0. The lowest BCUT2D eigenvalue weighted by molar-refractivity contribution is -0.319. The van der Waals surface area contributed by atoms with Crippen molar-refractivity contribution in [1.82, 2.24) is 9.80 Å². The molecule has 0 saturated heterocycles. The van der Waals surface area contributed by atoms with Crippen molar-refractivity contribution in [3.63, 3.8) is 0 Å². The van der Waals surface area contributed by atoms with Crippen LogP contribution in [0.3, 0.4) is 0 Å². The van der Waals surface area contributed by atoms with Gasteiger partial charge in [-0.25, -0.2) is 4.79 Å². The van der Waals surface area contributed by atoms with Gasteiger partial charge in [-0.05, 0) is 6.92 Å². The van der Waals surface area contributed by atoms with E-state index < -0.39 is 24.1 Å². The van der Waals surface area contributed by atoms with Crippen molar-refractivity contribution in [3.05, 3.63) is 12.4 Å². The van der Waals surface area contributed by atoms with Gasteiger partial charge in [0.25, 0.3) is 0 Å². The third-order valence-corrected chi connectivity index (χ3v) is 2.60. The minimum Gasteiger partial charge on any atom is -0.547 e. The van der Waals surface area contributed by atoms with Gasteiger partial charge >= 0.3 is 5.97 Å². The first-order chi connectivity index (χ1) is 9.37. The summed E-state index contributed by atoms with van der Waals surface area (Å²) in [5.74, 6) is -3.03. The molecule has 2 atom stereocenters. The topological polar surface area (TPSA) is 102 Å². The van der Waals surface area contributed by atoms with Crippen molar-refractivity contribution < 1.29 is 29.3 Å². The molecule has 0 bridgehead atoms. The number of hydrogen-bond acceptors (Lipinski definition) is 7. The number of rotatable bonds is 6. The molecule has 0 aliphatic carbocycles. The van der Waals surface area contributed by atoms with Gasteiger partial charge in [0.15, 0.2) is 6.10 Å².